The van der Waals surface area contributed by atoms with Gasteiger partial charge >= 0.3 is 0 Å². The van der Waals surface area contributed by atoms with Gasteiger partial charge in [-0.05, 0) is 36.4 Å². The molecule has 0 saturated carbocycles. The van der Waals surface area contributed by atoms with E-state index < -0.39 is 5.82 Å². The van der Waals surface area contributed by atoms with E-state index in [4.69, 9.17) is 4.74 Å². The number of rotatable bonds is 6. The van der Waals surface area contributed by atoms with E-state index in [9.17, 15) is 9.18 Å². The van der Waals surface area contributed by atoms with Crippen LogP contribution in [0, 0.1) is 5.82 Å². The molecular formula is C20H17FN4O2S. The molecule has 0 atom stereocenters. The summed E-state index contributed by atoms with van der Waals surface area (Å²) in [6.07, 6.45) is 3.51. The highest BCUT2D eigenvalue weighted by Gasteiger charge is 2.22. The molecule has 142 valence electrons. The highest BCUT2D eigenvalue weighted by molar-refractivity contribution is 7.22. The van der Waals surface area contributed by atoms with Gasteiger partial charge in [0, 0.05) is 24.5 Å². The van der Waals surface area contributed by atoms with Gasteiger partial charge in [-0.3, -0.25) is 14.4 Å². The molecule has 0 aliphatic rings. The maximum absolute atomic E-state index is 14.1. The Bertz CT molecular complexity index is 1110. The Hall–Kier alpha value is -3.26. The van der Waals surface area contributed by atoms with Crippen LogP contribution < -0.4 is 9.64 Å². The summed E-state index contributed by atoms with van der Waals surface area (Å²) in [5, 5.41) is 4.62. The normalized spacial score (nSPS) is 10.9. The molecule has 0 unspecified atom stereocenters. The maximum atomic E-state index is 14.1. The third-order valence-electron chi connectivity index (χ3n) is 4.26. The number of ether oxygens (including phenoxy) is 1. The molecular weight excluding hydrogens is 379 g/mol. The quantitative estimate of drug-likeness (QED) is 0.495. The van der Waals surface area contributed by atoms with Crippen LogP contribution in [0.25, 0.3) is 10.2 Å². The van der Waals surface area contributed by atoms with Crippen molar-refractivity contribution in [3.05, 3.63) is 72.3 Å². The molecule has 0 N–H and O–H groups in total. The van der Waals surface area contributed by atoms with Crippen LogP contribution >= 0.6 is 11.3 Å². The lowest BCUT2D eigenvalue weighted by Gasteiger charge is -2.20. The zero-order valence-corrected chi connectivity index (χ0v) is 15.9. The summed E-state index contributed by atoms with van der Waals surface area (Å²) in [7, 11) is 1.55. The second-order valence-corrected chi connectivity index (χ2v) is 7.05. The topological polar surface area (TPSA) is 60.2 Å². The van der Waals surface area contributed by atoms with Crippen molar-refractivity contribution in [1.82, 2.24) is 14.8 Å². The lowest BCUT2D eigenvalue weighted by molar-refractivity contribution is 0.0985. The zero-order valence-electron chi connectivity index (χ0n) is 15.1. The van der Waals surface area contributed by atoms with Crippen LogP contribution in [-0.4, -0.2) is 34.3 Å². The van der Waals surface area contributed by atoms with Gasteiger partial charge in [-0.2, -0.15) is 5.10 Å². The van der Waals surface area contributed by atoms with E-state index in [0.717, 1.165) is 0 Å². The fourth-order valence-corrected chi connectivity index (χ4v) is 3.85. The van der Waals surface area contributed by atoms with Crippen LogP contribution in [0.2, 0.25) is 0 Å². The molecule has 2 heterocycles. The molecule has 0 saturated heterocycles. The van der Waals surface area contributed by atoms with E-state index in [1.54, 1.807) is 59.3 Å². The van der Waals surface area contributed by atoms with Crippen molar-refractivity contribution in [2.45, 2.75) is 6.54 Å². The number of carbonyl (C=O) groups excluding carboxylic acids is 1. The highest BCUT2D eigenvalue weighted by Crippen LogP contribution is 2.31. The van der Waals surface area contributed by atoms with E-state index in [2.05, 4.69) is 10.1 Å². The molecule has 2 aromatic carbocycles. The summed E-state index contributed by atoms with van der Waals surface area (Å²) >= 11 is 1.28. The summed E-state index contributed by atoms with van der Waals surface area (Å²) in [5.74, 6) is -0.0420. The molecule has 2 aromatic heterocycles. The second-order valence-electron chi connectivity index (χ2n) is 6.04. The van der Waals surface area contributed by atoms with Crippen molar-refractivity contribution in [3.63, 3.8) is 0 Å². The van der Waals surface area contributed by atoms with Gasteiger partial charge in [-0.25, -0.2) is 9.37 Å². The minimum atomic E-state index is -0.402. The fraction of sp³-hybridized carbons (Fsp3) is 0.150. The van der Waals surface area contributed by atoms with Crippen LogP contribution in [0.5, 0.6) is 5.75 Å². The number of methoxy groups -OCH3 is 1. The molecule has 0 fully saturated rings. The Labute approximate surface area is 164 Å². The molecule has 8 heteroatoms. The third kappa shape index (κ3) is 3.59. The monoisotopic (exact) mass is 396 g/mol. The zero-order chi connectivity index (χ0) is 19.5. The number of amides is 1. The number of aromatic nitrogens is 3. The number of thiazole rings is 1. The number of carbonyl (C=O) groups is 1. The molecule has 0 aliphatic carbocycles. The SMILES string of the molecule is COc1cccc(C(=O)N(CCn2cccn2)c2nc3c(F)cccc3s2)c1. The Morgan fingerprint density at radius 3 is 2.86 bits per heavy atom. The predicted octanol–water partition coefficient (Wildman–Crippen LogP) is 3.99. The minimum absolute atomic E-state index is 0.231. The van der Waals surface area contributed by atoms with Crippen LogP contribution in [0.15, 0.2) is 60.9 Å². The Kier molecular flexibility index (Phi) is 5.03. The molecule has 0 spiro atoms. The Morgan fingerprint density at radius 2 is 2.11 bits per heavy atom. The molecule has 1 amide bonds. The van der Waals surface area contributed by atoms with Gasteiger partial charge in [0.25, 0.3) is 5.91 Å². The fourth-order valence-electron chi connectivity index (χ4n) is 2.85. The van der Waals surface area contributed by atoms with Gasteiger partial charge in [0.2, 0.25) is 0 Å². The lowest BCUT2D eigenvalue weighted by Crippen LogP contribution is -2.34. The second kappa shape index (κ2) is 7.77. The number of halogens is 1. The molecule has 0 bridgehead atoms. The number of anilines is 1. The summed E-state index contributed by atoms with van der Waals surface area (Å²) < 4.78 is 21.8. The number of hydrogen-bond acceptors (Lipinski definition) is 5. The van der Waals surface area contributed by atoms with Crippen LogP contribution in [0.3, 0.4) is 0 Å². The van der Waals surface area contributed by atoms with Crippen molar-refractivity contribution >= 4 is 32.6 Å². The van der Waals surface area contributed by atoms with E-state index in [1.165, 1.54) is 17.4 Å². The number of benzene rings is 2. The number of hydrogen-bond donors (Lipinski definition) is 0. The largest absolute Gasteiger partial charge is 0.497 e. The van der Waals surface area contributed by atoms with Crippen LogP contribution in [-0.2, 0) is 6.54 Å². The van der Waals surface area contributed by atoms with E-state index in [-0.39, 0.29) is 11.4 Å². The summed E-state index contributed by atoms with van der Waals surface area (Å²) in [6, 6.07) is 13.6. The van der Waals surface area contributed by atoms with Gasteiger partial charge in [0.1, 0.15) is 17.1 Å². The number of para-hydroxylation sites is 1. The van der Waals surface area contributed by atoms with E-state index >= 15 is 0 Å². The Balaban J connectivity index is 1.71. The minimum Gasteiger partial charge on any atom is -0.497 e. The molecule has 6 nitrogen and oxygen atoms in total. The van der Waals surface area contributed by atoms with E-state index in [1.807, 2.05) is 12.3 Å². The average Bonchev–Trinajstić information content (AvgIpc) is 3.38. The number of fused-ring (bicyclic) bond motifs is 1. The van der Waals surface area contributed by atoms with Crippen molar-refractivity contribution in [3.8, 4) is 5.75 Å². The Morgan fingerprint density at radius 1 is 1.25 bits per heavy atom. The van der Waals surface area contributed by atoms with Gasteiger partial charge < -0.3 is 4.74 Å². The molecule has 4 rings (SSSR count). The van der Waals surface area contributed by atoms with Gasteiger partial charge in [-0.15, -0.1) is 0 Å². The molecule has 0 radical (unpaired) electrons. The lowest BCUT2D eigenvalue weighted by atomic mass is 10.2. The van der Waals surface area contributed by atoms with Crippen molar-refractivity contribution in [2.75, 3.05) is 18.6 Å². The van der Waals surface area contributed by atoms with Crippen LogP contribution in [0.4, 0.5) is 9.52 Å². The first-order valence-electron chi connectivity index (χ1n) is 8.64. The van der Waals surface area contributed by atoms with Crippen molar-refractivity contribution in [1.29, 1.82) is 0 Å². The first-order chi connectivity index (χ1) is 13.7. The van der Waals surface area contributed by atoms with E-state index in [0.29, 0.717) is 34.2 Å². The molecule has 28 heavy (non-hydrogen) atoms. The van der Waals surface area contributed by atoms with Crippen LogP contribution in [0.1, 0.15) is 10.4 Å². The average molecular weight is 396 g/mol. The maximum Gasteiger partial charge on any atom is 0.260 e. The molecule has 0 aliphatic heterocycles. The number of nitrogens with zero attached hydrogens (tertiary/aromatic N) is 4. The van der Waals surface area contributed by atoms with Gasteiger partial charge in [0.15, 0.2) is 5.13 Å². The summed E-state index contributed by atoms with van der Waals surface area (Å²) in [5.41, 5.74) is 0.740. The van der Waals surface area contributed by atoms with Gasteiger partial charge in [0.05, 0.1) is 18.4 Å². The van der Waals surface area contributed by atoms with Crippen molar-refractivity contribution in [2.24, 2.45) is 0 Å². The van der Waals surface area contributed by atoms with Crippen molar-refractivity contribution < 1.29 is 13.9 Å². The third-order valence-corrected chi connectivity index (χ3v) is 5.31. The highest BCUT2D eigenvalue weighted by atomic mass is 32.1. The standard InChI is InChI=1S/C20H17FN4O2S/c1-27-15-6-2-5-14(13-15)19(26)25(12-11-24-10-4-9-22-24)20-23-18-16(21)7-3-8-17(18)28-20/h2-10,13H,11-12H2,1H3. The first-order valence-corrected chi connectivity index (χ1v) is 9.46. The first kappa shape index (κ1) is 18.1. The predicted molar refractivity (Wildman–Crippen MR) is 106 cm³/mol. The smallest absolute Gasteiger partial charge is 0.260 e. The van der Waals surface area contributed by atoms with Gasteiger partial charge in [-0.1, -0.05) is 23.5 Å². The summed E-state index contributed by atoms with van der Waals surface area (Å²) in [4.78, 5) is 19.2. The summed E-state index contributed by atoms with van der Waals surface area (Å²) in [6.45, 7) is 0.834. The molecule has 4 aromatic rings.